The molecule has 0 bridgehead atoms. The lowest BCUT2D eigenvalue weighted by atomic mass is 10.1. The summed E-state index contributed by atoms with van der Waals surface area (Å²) in [6, 6.07) is 9.53. The van der Waals surface area contributed by atoms with Gasteiger partial charge in [-0.05, 0) is 24.3 Å². The van der Waals surface area contributed by atoms with E-state index in [1.165, 1.54) is 26.4 Å². The minimum Gasteiger partial charge on any atom is -0.493 e. The molecule has 0 saturated carbocycles. The summed E-state index contributed by atoms with van der Waals surface area (Å²) >= 11 is 0. The van der Waals surface area contributed by atoms with Gasteiger partial charge in [0.15, 0.2) is 23.9 Å². The smallest absolute Gasteiger partial charge is 0.439 e. The minimum absolute atomic E-state index is 0.146. The first-order valence-corrected chi connectivity index (χ1v) is 8.56. The summed E-state index contributed by atoms with van der Waals surface area (Å²) in [5.41, 5.74) is 6.32. The van der Waals surface area contributed by atoms with E-state index in [0.717, 1.165) is 0 Å². The molecule has 156 valence electrons. The fourth-order valence-electron chi connectivity index (χ4n) is 2.60. The van der Waals surface area contributed by atoms with Gasteiger partial charge in [-0.25, -0.2) is 4.79 Å². The fourth-order valence-corrected chi connectivity index (χ4v) is 2.60. The summed E-state index contributed by atoms with van der Waals surface area (Å²) in [7, 11) is 2.77. The second-order valence-electron chi connectivity index (χ2n) is 5.94. The van der Waals surface area contributed by atoms with Crippen molar-refractivity contribution in [2.45, 2.75) is 0 Å². The van der Waals surface area contributed by atoms with Gasteiger partial charge in [0.05, 0.1) is 14.2 Å². The summed E-state index contributed by atoms with van der Waals surface area (Å²) in [6.45, 7) is -0.380. The largest absolute Gasteiger partial charge is 0.493 e. The van der Waals surface area contributed by atoms with Crippen molar-refractivity contribution in [3.05, 3.63) is 52.5 Å². The van der Waals surface area contributed by atoms with Crippen LogP contribution in [0.25, 0.3) is 11.4 Å². The lowest BCUT2D eigenvalue weighted by molar-refractivity contribution is -0.120. The second kappa shape index (κ2) is 8.82. The summed E-state index contributed by atoms with van der Waals surface area (Å²) in [5, 5.41) is 6.35. The first-order chi connectivity index (χ1) is 14.4. The molecule has 11 heteroatoms. The third-order valence-electron chi connectivity index (χ3n) is 3.92. The molecule has 0 spiro atoms. The Hall–Kier alpha value is -4.28. The van der Waals surface area contributed by atoms with Crippen LogP contribution in [-0.2, 0) is 4.79 Å². The maximum atomic E-state index is 12.8. The van der Waals surface area contributed by atoms with Crippen molar-refractivity contribution in [3.8, 4) is 28.6 Å². The monoisotopic (exact) mass is 414 g/mol. The molecule has 0 aliphatic rings. The Balaban J connectivity index is 1.86. The van der Waals surface area contributed by atoms with Gasteiger partial charge in [0.2, 0.25) is 5.75 Å². The van der Waals surface area contributed by atoms with Crippen LogP contribution in [-0.4, -0.2) is 42.8 Å². The van der Waals surface area contributed by atoms with Crippen LogP contribution in [0.4, 0.5) is 5.69 Å². The van der Waals surface area contributed by atoms with E-state index < -0.39 is 17.6 Å². The van der Waals surface area contributed by atoms with Gasteiger partial charge in [-0.3, -0.25) is 19.1 Å². The number of benzene rings is 2. The van der Waals surface area contributed by atoms with Crippen LogP contribution in [0.1, 0.15) is 10.4 Å². The van der Waals surface area contributed by atoms with E-state index in [0.29, 0.717) is 11.3 Å². The molecule has 4 N–H and O–H groups in total. The van der Waals surface area contributed by atoms with Crippen LogP contribution < -0.4 is 31.0 Å². The molecule has 0 atom stereocenters. The van der Waals surface area contributed by atoms with E-state index in [1.54, 1.807) is 24.3 Å². The van der Waals surface area contributed by atoms with Gasteiger partial charge < -0.3 is 25.3 Å². The van der Waals surface area contributed by atoms with Gasteiger partial charge in [-0.1, -0.05) is 17.3 Å². The zero-order valence-corrected chi connectivity index (χ0v) is 16.1. The average molecular weight is 414 g/mol. The van der Waals surface area contributed by atoms with E-state index in [1.807, 2.05) is 0 Å². The molecule has 3 aromatic rings. The third kappa shape index (κ3) is 4.58. The van der Waals surface area contributed by atoms with Crippen LogP contribution in [0, 0.1) is 0 Å². The molecule has 0 saturated heterocycles. The van der Waals surface area contributed by atoms with Gasteiger partial charge >= 0.3 is 5.76 Å². The summed E-state index contributed by atoms with van der Waals surface area (Å²) < 4.78 is 20.3. The normalized spacial score (nSPS) is 10.3. The van der Waals surface area contributed by atoms with Crippen LogP contribution in [0.3, 0.4) is 0 Å². The number of rotatable bonds is 8. The standard InChI is InChI=1S/C19H18N4O7/c1-27-13-7-11(8-14(28-2)16(13)29-9-15(20)24)18(25)21-12-5-3-4-10(6-12)17-22-19(26)30-23-17/h3-8H,9H2,1-2H3,(H2,20,24)(H,21,25)(H,22,23,26). The Morgan fingerprint density at radius 1 is 1.17 bits per heavy atom. The SMILES string of the molecule is COc1cc(C(=O)Nc2cccc(-c3noc(=O)[nH]3)c2)cc(OC)c1OCC(N)=O. The number of nitrogens with two attached hydrogens (primary N) is 1. The summed E-state index contributed by atoms with van der Waals surface area (Å²) in [4.78, 5) is 37.3. The highest BCUT2D eigenvalue weighted by Gasteiger charge is 2.19. The molecule has 1 heterocycles. The number of methoxy groups -OCH3 is 2. The molecular formula is C19H18N4O7. The second-order valence-corrected chi connectivity index (χ2v) is 5.94. The number of nitrogens with one attached hydrogen (secondary N) is 2. The number of carbonyl (C=O) groups is 2. The maximum absolute atomic E-state index is 12.8. The molecule has 11 nitrogen and oxygen atoms in total. The van der Waals surface area contributed by atoms with Gasteiger partial charge in [0.1, 0.15) is 0 Å². The van der Waals surface area contributed by atoms with Gasteiger partial charge in [0.25, 0.3) is 11.8 Å². The number of nitrogens with zero attached hydrogens (tertiary/aromatic N) is 1. The topological polar surface area (TPSA) is 159 Å². The Kier molecular flexibility index (Phi) is 6.01. The van der Waals surface area contributed by atoms with Crippen molar-refractivity contribution in [2.24, 2.45) is 5.73 Å². The van der Waals surface area contributed by atoms with E-state index in [4.69, 9.17) is 19.9 Å². The molecule has 2 amide bonds. The number of hydrogen-bond acceptors (Lipinski definition) is 8. The van der Waals surface area contributed by atoms with E-state index in [-0.39, 0.29) is 35.2 Å². The number of H-pyrrole nitrogens is 1. The summed E-state index contributed by atoms with van der Waals surface area (Å²) in [5.74, 6) is -1.06. The highest BCUT2D eigenvalue weighted by Crippen LogP contribution is 2.38. The number of amides is 2. The molecule has 0 unspecified atom stereocenters. The van der Waals surface area contributed by atoms with Crippen LogP contribution in [0.5, 0.6) is 17.2 Å². The van der Waals surface area contributed by atoms with Gasteiger partial charge in [-0.2, -0.15) is 0 Å². The van der Waals surface area contributed by atoms with Crippen molar-refractivity contribution in [2.75, 3.05) is 26.1 Å². The Morgan fingerprint density at radius 2 is 1.87 bits per heavy atom. The Labute approximate surface area is 169 Å². The van der Waals surface area contributed by atoms with Crippen LogP contribution in [0.2, 0.25) is 0 Å². The van der Waals surface area contributed by atoms with Crippen molar-refractivity contribution in [1.82, 2.24) is 10.1 Å². The zero-order valence-electron chi connectivity index (χ0n) is 16.1. The third-order valence-corrected chi connectivity index (χ3v) is 3.92. The molecular weight excluding hydrogens is 396 g/mol. The molecule has 1 aromatic heterocycles. The maximum Gasteiger partial charge on any atom is 0.439 e. The molecule has 0 aliphatic carbocycles. The van der Waals surface area contributed by atoms with E-state index >= 15 is 0 Å². The number of primary amides is 1. The summed E-state index contributed by atoms with van der Waals surface area (Å²) in [6.07, 6.45) is 0. The molecule has 0 radical (unpaired) electrons. The molecule has 2 aromatic carbocycles. The van der Waals surface area contributed by atoms with Crippen molar-refractivity contribution in [3.63, 3.8) is 0 Å². The number of anilines is 1. The first-order valence-electron chi connectivity index (χ1n) is 8.56. The van der Waals surface area contributed by atoms with Crippen molar-refractivity contribution < 1.29 is 28.3 Å². The Morgan fingerprint density at radius 3 is 2.43 bits per heavy atom. The molecule has 3 rings (SSSR count). The van der Waals surface area contributed by atoms with Crippen LogP contribution >= 0.6 is 0 Å². The lowest BCUT2D eigenvalue weighted by Gasteiger charge is -2.15. The zero-order chi connectivity index (χ0) is 21.7. The van der Waals surface area contributed by atoms with E-state index in [2.05, 4.69) is 20.0 Å². The van der Waals surface area contributed by atoms with Gasteiger partial charge in [0, 0.05) is 16.8 Å². The quantitative estimate of drug-likeness (QED) is 0.495. The highest BCUT2D eigenvalue weighted by molar-refractivity contribution is 6.05. The number of hydrogen-bond donors (Lipinski definition) is 3. The average Bonchev–Trinajstić information content (AvgIpc) is 3.18. The minimum atomic E-state index is -0.683. The molecule has 0 aliphatic heterocycles. The van der Waals surface area contributed by atoms with Gasteiger partial charge in [-0.15, -0.1) is 0 Å². The fraction of sp³-hybridized carbons (Fsp3) is 0.158. The number of aromatic amines is 1. The number of carbonyl (C=O) groups excluding carboxylic acids is 2. The lowest BCUT2D eigenvalue weighted by Crippen LogP contribution is -2.20. The first kappa shape index (κ1) is 20.5. The van der Waals surface area contributed by atoms with E-state index in [9.17, 15) is 14.4 Å². The van der Waals surface area contributed by atoms with Crippen molar-refractivity contribution in [1.29, 1.82) is 0 Å². The predicted octanol–water partition coefficient (Wildman–Crippen LogP) is 1.16. The number of aromatic nitrogens is 2. The molecule has 30 heavy (non-hydrogen) atoms. The highest BCUT2D eigenvalue weighted by atomic mass is 16.5. The Bertz CT molecular complexity index is 1110. The van der Waals surface area contributed by atoms with Crippen LogP contribution in [0.15, 0.2) is 45.7 Å². The number of ether oxygens (including phenoxy) is 3. The molecule has 0 fully saturated rings. The van der Waals surface area contributed by atoms with Crippen molar-refractivity contribution >= 4 is 17.5 Å². The predicted molar refractivity (Wildman–Crippen MR) is 105 cm³/mol.